The molecule has 0 saturated carbocycles. The van der Waals surface area contributed by atoms with Gasteiger partial charge in [0.1, 0.15) is 0 Å². The van der Waals surface area contributed by atoms with Gasteiger partial charge in [-0.15, -0.1) is 13.2 Å². The molecule has 19 heavy (non-hydrogen) atoms. The molecule has 1 aromatic heterocycles. The second-order valence-electron chi connectivity index (χ2n) is 3.35. The highest BCUT2D eigenvalue weighted by molar-refractivity contribution is 5.44. The van der Waals surface area contributed by atoms with Crippen molar-refractivity contribution in [2.24, 2.45) is 0 Å². The number of aromatic nitrogens is 1. The lowest BCUT2D eigenvalue weighted by atomic mass is 10.1. The van der Waals surface area contributed by atoms with E-state index in [2.05, 4.69) is 9.72 Å². The van der Waals surface area contributed by atoms with Crippen LogP contribution in [-0.2, 0) is 6.18 Å². The first-order chi connectivity index (χ1) is 8.43. The molecule has 0 amide bonds. The number of hydrogen-bond acceptors (Lipinski definition) is 2. The summed E-state index contributed by atoms with van der Waals surface area (Å²) in [4.78, 5) is 2.99. The molecule has 0 bridgehead atoms. The topological polar surface area (TPSA) is 22.1 Å². The molecule has 10 heteroatoms. The van der Waals surface area contributed by atoms with Gasteiger partial charge in [0.25, 0.3) is 6.43 Å². The molecular formula is C9H5F8NO. The Bertz CT molecular complexity index is 465. The molecule has 1 aromatic rings. The Morgan fingerprint density at radius 2 is 1.63 bits per heavy atom. The van der Waals surface area contributed by atoms with Gasteiger partial charge in [0.15, 0.2) is 5.75 Å². The lowest BCUT2D eigenvalue weighted by molar-refractivity contribution is -0.275. The summed E-state index contributed by atoms with van der Waals surface area (Å²) in [6.45, 7) is 0.826. The number of halogens is 8. The Kier molecular flexibility index (Phi) is 3.92. The summed E-state index contributed by atoms with van der Waals surface area (Å²) >= 11 is 0. The van der Waals surface area contributed by atoms with Crippen LogP contribution in [0.1, 0.15) is 23.2 Å². The van der Waals surface area contributed by atoms with Crippen molar-refractivity contribution in [2.75, 3.05) is 0 Å². The number of ether oxygens (including phenoxy) is 1. The zero-order chi connectivity index (χ0) is 15.0. The Morgan fingerprint density at radius 3 is 2.00 bits per heavy atom. The maximum atomic E-state index is 12.6. The van der Waals surface area contributed by atoms with Crippen LogP contribution in [0.3, 0.4) is 0 Å². The largest absolute Gasteiger partial charge is 0.573 e. The van der Waals surface area contributed by atoms with Gasteiger partial charge in [-0.3, -0.25) is 4.98 Å². The maximum absolute atomic E-state index is 12.6. The molecule has 0 aliphatic heterocycles. The molecule has 0 fully saturated rings. The fourth-order valence-electron chi connectivity index (χ4n) is 1.29. The predicted molar refractivity (Wildman–Crippen MR) is 45.6 cm³/mol. The summed E-state index contributed by atoms with van der Waals surface area (Å²) in [5, 5.41) is 0. The highest BCUT2D eigenvalue weighted by Crippen LogP contribution is 2.43. The van der Waals surface area contributed by atoms with E-state index < -0.39 is 41.5 Å². The molecule has 0 aliphatic carbocycles. The summed E-state index contributed by atoms with van der Waals surface area (Å²) in [6.07, 6.45) is -14.4. The smallest absolute Gasteiger partial charge is 0.403 e. The third-order valence-corrected chi connectivity index (χ3v) is 1.99. The Hall–Kier alpha value is -1.61. The van der Waals surface area contributed by atoms with E-state index in [9.17, 15) is 35.1 Å². The summed E-state index contributed by atoms with van der Waals surface area (Å²) in [5.41, 5.74) is -4.56. The first kappa shape index (κ1) is 15.4. The van der Waals surface area contributed by atoms with Gasteiger partial charge < -0.3 is 4.74 Å². The van der Waals surface area contributed by atoms with Crippen molar-refractivity contribution >= 4 is 0 Å². The summed E-state index contributed by atoms with van der Waals surface area (Å²) in [7, 11) is 0. The molecule has 2 nitrogen and oxygen atoms in total. The van der Waals surface area contributed by atoms with Gasteiger partial charge in [-0.05, 0) is 6.92 Å². The molecule has 0 unspecified atom stereocenters. The third kappa shape index (κ3) is 3.67. The molecule has 0 aliphatic rings. The van der Waals surface area contributed by atoms with Crippen molar-refractivity contribution in [3.8, 4) is 5.75 Å². The summed E-state index contributed by atoms with van der Waals surface area (Å²) in [5.74, 6) is -1.63. The minimum absolute atomic E-state index is 0.0417. The van der Waals surface area contributed by atoms with Crippen molar-refractivity contribution in [1.82, 2.24) is 4.98 Å². The van der Waals surface area contributed by atoms with Crippen LogP contribution in [0.25, 0.3) is 0 Å². The molecule has 1 heterocycles. The van der Waals surface area contributed by atoms with Crippen LogP contribution in [0.5, 0.6) is 5.75 Å². The molecule has 0 radical (unpaired) electrons. The van der Waals surface area contributed by atoms with E-state index in [1.807, 2.05) is 0 Å². The number of aryl methyl sites for hydroxylation is 1. The lowest BCUT2D eigenvalue weighted by Crippen LogP contribution is -2.21. The fraction of sp³-hybridized carbons (Fsp3) is 0.444. The Balaban J connectivity index is 3.52. The molecule has 108 valence electrons. The van der Waals surface area contributed by atoms with Gasteiger partial charge in [0, 0.05) is 6.20 Å². The SMILES string of the molecule is Cc1ncc(C(F)(F)F)c(C(F)F)c1OC(F)(F)F. The first-order valence-electron chi connectivity index (χ1n) is 4.54. The highest BCUT2D eigenvalue weighted by Gasteiger charge is 2.41. The average Bonchev–Trinajstić information content (AvgIpc) is 2.16. The molecule has 0 saturated heterocycles. The van der Waals surface area contributed by atoms with E-state index in [4.69, 9.17) is 0 Å². The minimum atomic E-state index is -5.40. The summed E-state index contributed by atoms with van der Waals surface area (Å²) in [6, 6.07) is 0. The van der Waals surface area contributed by atoms with E-state index >= 15 is 0 Å². The van der Waals surface area contributed by atoms with Gasteiger partial charge in [-0.25, -0.2) is 8.78 Å². The first-order valence-corrected chi connectivity index (χ1v) is 4.54. The van der Waals surface area contributed by atoms with E-state index in [1.54, 1.807) is 0 Å². The van der Waals surface area contributed by atoms with Crippen LogP contribution in [-0.4, -0.2) is 11.3 Å². The lowest BCUT2D eigenvalue weighted by Gasteiger charge is -2.18. The van der Waals surface area contributed by atoms with Gasteiger partial charge >= 0.3 is 12.5 Å². The predicted octanol–water partition coefficient (Wildman–Crippen LogP) is 4.25. The molecule has 0 aromatic carbocycles. The molecule has 0 spiro atoms. The number of rotatable bonds is 2. The van der Waals surface area contributed by atoms with Crippen molar-refractivity contribution in [3.63, 3.8) is 0 Å². The Labute approximate surface area is 101 Å². The molecule has 0 atom stereocenters. The second kappa shape index (κ2) is 4.82. The number of nitrogens with zero attached hydrogens (tertiary/aromatic N) is 1. The van der Waals surface area contributed by atoms with E-state index in [-0.39, 0.29) is 6.20 Å². The fourth-order valence-corrected chi connectivity index (χ4v) is 1.29. The number of hydrogen-bond donors (Lipinski definition) is 0. The van der Waals surface area contributed by atoms with Crippen LogP contribution in [0.4, 0.5) is 35.1 Å². The van der Waals surface area contributed by atoms with Crippen LogP contribution in [0.15, 0.2) is 6.20 Å². The maximum Gasteiger partial charge on any atom is 0.573 e. The summed E-state index contributed by atoms with van der Waals surface area (Å²) < 4.78 is 102. The monoisotopic (exact) mass is 295 g/mol. The van der Waals surface area contributed by atoms with Crippen LogP contribution < -0.4 is 4.74 Å². The highest BCUT2D eigenvalue weighted by atomic mass is 19.4. The van der Waals surface area contributed by atoms with E-state index in [0.717, 1.165) is 6.92 Å². The van der Waals surface area contributed by atoms with Crippen molar-refractivity contribution in [1.29, 1.82) is 0 Å². The van der Waals surface area contributed by atoms with E-state index in [1.165, 1.54) is 0 Å². The van der Waals surface area contributed by atoms with Crippen molar-refractivity contribution in [2.45, 2.75) is 25.9 Å². The van der Waals surface area contributed by atoms with E-state index in [0.29, 0.717) is 0 Å². The van der Waals surface area contributed by atoms with Crippen LogP contribution >= 0.6 is 0 Å². The van der Waals surface area contributed by atoms with Gasteiger partial charge in [0.2, 0.25) is 0 Å². The van der Waals surface area contributed by atoms with Crippen molar-refractivity contribution in [3.05, 3.63) is 23.0 Å². The zero-order valence-corrected chi connectivity index (χ0v) is 9.03. The van der Waals surface area contributed by atoms with Crippen LogP contribution in [0, 0.1) is 6.92 Å². The number of pyridine rings is 1. The Morgan fingerprint density at radius 1 is 1.11 bits per heavy atom. The molecule has 1 rings (SSSR count). The van der Waals surface area contributed by atoms with Crippen LogP contribution in [0.2, 0.25) is 0 Å². The van der Waals surface area contributed by atoms with Crippen molar-refractivity contribution < 1.29 is 39.9 Å². The third-order valence-electron chi connectivity index (χ3n) is 1.99. The zero-order valence-electron chi connectivity index (χ0n) is 9.03. The quantitative estimate of drug-likeness (QED) is 0.761. The minimum Gasteiger partial charge on any atom is -0.403 e. The van der Waals surface area contributed by atoms with Gasteiger partial charge in [-0.1, -0.05) is 0 Å². The molecular weight excluding hydrogens is 290 g/mol. The number of alkyl halides is 8. The van der Waals surface area contributed by atoms with Gasteiger partial charge in [-0.2, -0.15) is 13.2 Å². The molecule has 0 N–H and O–H groups in total. The normalized spacial score (nSPS) is 12.9. The standard InChI is InChI=1S/C9H5F8NO/c1-3-6(19-9(15,16)17)5(7(10)11)4(2-18-3)8(12,13)14/h2,7H,1H3. The second-order valence-corrected chi connectivity index (χ2v) is 3.35. The average molecular weight is 295 g/mol. The van der Waals surface area contributed by atoms with Gasteiger partial charge in [0.05, 0.1) is 16.8 Å².